The molecule has 90 valence electrons. The first-order valence-electron chi connectivity index (χ1n) is 5.95. The number of rotatable bonds is 7. The van der Waals surface area contributed by atoms with E-state index in [4.69, 9.17) is 5.73 Å². The Bertz CT molecular complexity index is 338. The van der Waals surface area contributed by atoms with Crippen molar-refractivity contribution in [2.75, 3.05) is 12.3 Å². The summed E-state index contributed by atoms with van der Waals surface area (Å²) in [5.74, 6) is 0.775. The molecule has 0 aliphatic rings. The lowest BCUT2D eigenvalue weighted by Gasteiger charge is -2.04. The number of benzene rings is 1. The molecule has 0 heterocycles. The lowest BCUT2D eigenvalue weighted by atomic mass is 10.1. The van der Waals surface area contributed by atoms with E-state index in [0.29, 0.717) is 6.54 Å². The molecule has 0 aliphatic carbocycles. The quantitative estimate of drug-likeness (QED) is 0.794. The summed E-state index contributed by atoms with van der Waals surface area (Å²) in [4.78, 5) is 0.961. The van der Waals surface area contributed by atoms with Crippen molar-refractivity contribution in [3.63, 3.8) is 0 Å². The van der Waals surface area contributed by atoms with E-state index < -0.39 is 10.8 Å². The Kier molecular flexibility index (Phi) is 6.34. The van der Waals surface area contributed by atoms with Gasteiger partial charge in [-0.05, 0) is 43.5 Å². The number of nitrogens with two attached hydrogens (primary N) is 1. The molecule has 0 bridgehead atoms. The summed E-state index contributed by atoms with van der Waals surface area (Å²) in [5, 5.41) is 0. The Morgan fingerprint density at radius 3 is 2.81 bits per heavy atom. The Morgan fingerprint density at radius 1 is 1.31 bits per heavy atom. The highest BCUT2D eigenvalue weighted by atomic mass is 32.2. The first-order valence-corrected chi connectivity index (χ1v) is 7.27. The van der Waals surface area contributed by atoms with E-state index in [1.807, 2.05) is 12.1 Å². The van der Waals surface area contributed by atoms with Crippen LogP contribution in [0.3, 0.4) is 0 Å². The van der Waals surface area contributed by atoms with Crippen LogP contribution < -0.4 is 5.73 Å². The molecule has 0 radical (unpaired) electrons. The van der Waals surface area contributed by atoms with Crippen LogP contribution in [0.25, 0.3) is 0 Å². The molecule has 0 aliphatic heterocycles. The van der Waals surface area contributed by atoms with E-state index in [9.17, 15) is 4.21 Å². The van der Waals surface area contributed by atoms with Gasteiger partial charge in [-0.15, -0.1) is 0 Å². The highest BCUT2D eigenvalue weighted by molar-refractivity contribution is 7.85. The molecule has 1 rings (SSSR count). The van der Waals surface area contributed by atoms with Gasteiger partial charge in [-0.3, -0.25) is 4.21 Å². The summed E-state index contributed by atoms with van der Waals surface area (Å²) in [6, 6.07) is 8.08. The van der Waals surface area contributed by atoms with Crippen LogP contribution in [0.4, 0.5) is 0 Å². The summed E-state index contributed by atoms with van der Waals surface area (Å²) in [6.45, 7) is 2.83. The van der Waals surface area contributed by atoms with Crippen LogP contribution >= 0.6 is 0 Å². The van der Waals surface area contributed by atoms with Gasteiger partial charge in [0, 0.05) is 10.6 Å². The molecule has 0 aromatic heterocycles. The smallest absolute Gasteiger partial charge is 0.0529 e. The third-order valence-corrected chi connectivity index (χ3v) is 3.95. The molecule has 0 saturated carbocycles. The minimum absolute atomic E-state index is 0.711. The van der Waals surface area contributed by atoms with Gasteiger partial charge in [-0.1, -0.05) is 25.5 Å². The van der Waals surface area contributed by atoms with Crippen molar-refractivity contribution < 1.29 is 4.21 Å². The molecular formula is C13H21NOS. The van der Waals surface area contributed by atoms with Crippen LogP contribution in [0.1, 0.15) is 31.7 Å². The maximum atomic E-state index is 11.9. The largest absolute Gasteiger partial charge is 0.330 e. The Balaban J connectivity index is 2.62. The fourth-order valence-electron chi connectivity index (χ4n) is 1.54. The second kappa shape index (κ2) is 7.58. The zero-order chi connectivity index (χ0) is 11.8. The molecular weight excluding hydrogens is 218 g/mol. The van der Waals surface area contributed by atoms with Crippen molar-refractivity contribution in [3.8, 4) is 0 Å². The van der Waals surface area contributed by atoms with E-state index in [-0.39, 0.29) is 0 Å². The Hall–Kier alpha value is -0.670. The van der Waals surface area contributed by atoms with Gasteiger partial charge in [0.05, 0.1) is 10.8 Å². The monoisotopic (exact) mass is 239 g/mol. The maximum Gasteiger partial charge on any atom is 0.0529 e. The average Bonchev–Trinajstić information content (AvgIpc) is 2.33. The first kappa shape index (κ1) is 13.4. The highest BCUT2D eigenvalue weighted by Crippen LogP contribution is 2.12. The van der Waals surface area contributed by atoms with E-state index in [1.54, 1.807) is 0 Å². The average molecular weight is 239 g/mol. The summed E-state index contributed by atoms with van der Waals surface area (Å²) in [7, 11) is -0.830. The van der Waals surface area contributed by atoms with Crippen molar-refractivity contribution in [1.82, 2.24) is 0 Å². The first-order chi connectivity index (χ1) is 7.77. The van der Waals surface area contributed by atoms with Gasteiger partial charge in [0.25, 0.3) is 0 Å². The van der Waals surface area contributed by atoms with Gasteiger partial charge in [-0.25, -0.2) is 0 Å². The van der Waals surface area contributed by atoms with Crippen molar-refractivity contribution in [2.24, 2.45) is 5.73 Å². The van der Waals surface area contributed by atoms with E-state index >= 15 is 0 Å². The van der Waals surface area contributed by atoms with Gasteiger partial charge >= 0.3 is 0 Å². The summed E-state index contributed by atoms with van der Waals surface area (Å²) >= 11 is 0. The second-order valence-electron chi connectivity index (χ2n) is 3.94. The van der Waals surface area contributed by atoms with Crippen molar-refractivity contribution in [3.05, 3.63) is 29.8 Å². The zero-order valence-electron chi connectivity index (χ0n) is 9.95. The van der Waals surface area contributed by atoms with Crippen molar-refractivity contribution in [2.45, 2.75) is 37.5 Å². The minimum Gasteiger partial charge on any atom is -0.330 e. The summed E-state index contributed by atoms with van der Waals surface area (Å²) < 4.78 is 11.9. The van der Waals surface area contributed by atoms with Crippen LogP contribution in [-0.4, -0.2) is 16.5 Å². The van der Waals surface area contributed by atoms with Gasteiger partial charge in [0.15, 0.2) is 0 Å². The molecule has 1 aromatic carbocycles. The van der Waals surface area contributed by atoms with Gasteiger partial charge in [-0.2, -0.15) is 0 Å². The topological polar surface area (TPSA) is 43.1 Å². The lowest BCUT2D eigenvalue weighted by molar-refractivity contribution is 0.679. The second-order valence-corrected chi connectivity index (χ2v) is 5.51. The van der Waals surface area contributed by atoms with Crippen molar-refractivity contribution >= 4 is 10.8 Å². The van der Waals surface area contributed by atoms with Crippen LogP contribution in [0.5, 0.6) is 0 Å². The van der Waals surface area contributed by atoms with Crippen LogP contribution in [0.2, 0.25) is 0 Å². The lowest BCUT2D eigenvalue weighted by Crippen LogP contribution is -2.02. The molecule has 16 heavy (non-hydrogen) atoms. The van der Waals surface area contributed by atoms with Crippen LogP contribution in [0, 0.1) is 0 Å². The fraction of sp³-hybridized carbons (Fsp3) is 0.538. The third kappa shape index (κ3) is 4.45. The molecule has 3 heteroatoms. The van der Waals surface area contributed by atoms with Gasteiger partial charge in [0.2, 0.25) is 0 Å². The predicted molar refractivity (Wildman–Crippen MR) is 70.0 cm³/mol. The van der Waals surface area contributed by atoms with E-state index in [2.05, 4.69) is 19.1 Å². The Labute approximate surface area is 101 Å². The van der Waals surface area contributed by atoms with Crippen LogP contribution in [-0.2, 0) is 17.2 Å². The highest BCUT2D eigenvalue weighted by Gasteiger charge is 2.03. The van der Waals surface area contributed by atoms with Crippen LogP contribution in [0.15, 0.2) is 29.2 Å². The standard InChI is InChI=1S/C13H21NOS/c1-2-3-10-16(15)13-8-4-6-12(11-13)7-5-9-14/h4,6,8,11H,2-3,5,7,9-10,14H2,1H3. The zero-order valence-corrected chi connectivity index (χ0v) is 10.8. The van der Waals surface area contributed by atoms with Gasteiger partial charge < -0.3 is 5.73 Å². The third-order valence-electron chi connectivity index (χ3n) is 2.51. The Morgan fingerprint density at radius 2 is 2.12 bits per heavy atom. The van der Waals surface area contributed by atoms with E-state index in [0.717, 1.165) is 36.3 Å². The summed E-state index contributed by atoms with van der Waals surface area (Å²) in [6.07, 6.45) is 4.10. The normalized spacial score (nSPS) is 12.6. The SMILES string of the molecule is CCCCS(=O)c1cccc(CCCN)c1. The molecule has 0 fully saturated rings. The molecule has 1 unspecified atom stereocenters. The molecule has 2 N–H and O–H groups in total. The fourth-order valence-corrected chi connectivity index (χ4v) is 2.84. The molecule has 0 spiro atoms. The van der Waals surface area contributed by atoms with Crippen molar-refractivity contribution in [1.29, 1.82) is 0 Å². The predicted octanol–water partition coefficient (Wildman–Crippen LogP) is 2.49. The molecule has 0 amide bonds. The minimum atomic E-state index is -0.830. The molecule has 2 nitrogen and oxygen atoms in total. The summed E-state index contributed by atoms with van der Waals surface area (Å²) in [5.41, 5.74) is 6.72. The number of hydrogen-bond acceptors (Lipinski definition) is 2. The van der Waals surface area contributed by atoms with E-state index in [1.165, 1.54) is 5.56 Å². The number of hydrogen-bond donors (Lipinski definition) is 1. The molecule has 1 atom stereocenters. The molecule has 1 aromatic rings. The number of unbranched alkanes of at least 4 members (excludes halogenated alkanes) is 1. The molecule has 0 saturated heterocycles. The van der Waals surface area contributed by atoms with Gasteiger partial charge in [0.1, 0.15) is 0 Å². The maximum absolute atomic E-state index is 11.9. The number of aryl methyl sites for hydroxylation is 1.